The lowest BCUT2D eigenvalue weighted by atomic mass is 10.1. The van der Waals surface area contributed by atoms with Crippen molar-refractivity contribution >= 4 is 23.3 Å². The maximum Gasteiger partial charge on any atom is 0.311 e. The van der Waals surface area contributed by atoms with Crippen LogP contribution in [0, 0.1) is 21.8 Å². The van der Waals surface area contributed by atoms with Crippen LogP contribution in [0.1, 0.15) is 32.1 Å². The molecule has 0 unspecified atom stereocenters. The molecule has 8 heteroatoms. The van der Waals surface area contributed by atoms with Gasteiger partial charge in [0.25, 0.3) is 0 Å². The molecule has 1 aromatic carbocycles. The Morgan fingerprint density at radius 1 is 1.33 bits per heavy atom. The highest BCUT2D eigenvalue weighted by atomic mass is 19.1. The zero-order chi connectivity index (χ0) is 17.3. The number of halogens is 1. The van der Waals surface area contributed by atoms with Crippen LogP contribution in [0.5, 0.6) is 0 Å². The van der Waals surface area contributed by atoms with Gasteiger partial charge in [0.05, 0.1) is 16.5 Å². The summed E-state index contributed by atoms with van der Waals surface area (Å²) in [6, 6.07) is 3.26. The molecule has 0 spiro atoms. The minimum Gasteiger partial charge on any atom is -0.462 e. The van der Waals surface area contributed by atoms with Crippen LogP contribution in [-0.2, 0) is 14.3 Å². The van der Waals surface area contributed by atoms with E-state index < -0.39 is 28.3 Å². The van der Waals surface area contributed by atoms with Crippen molar-refractivity contribution in [1.29, 1.82) is 0 Å². The molecule has 1 heterocycles. The zero-order valence-electron chi connectivity index (χ0n) is 12.9. The highest BCUT2D eigenvalue weighted by Gasteiger charge is 2.38. The molecule has 0 bridgehead atoms. The summed E-state index contributed by atoms with van der Waals surface area (Å²) in [5.74, 6) is -2.30. The summed E-state index contributed by atoms with van der Waals surface area (Å²) in [5.41, 5.74) is -0.485. The molecule has 2 aliphatic rings. The third-order valence-electron chi connectivity index (χ3n) is 4.48. The van der Waals surface area contributed by atoms with E-state index in [1.165, 1.54) is 11.0 Å². The van der Waals surface area contributed by atoms with E-state index in [2.05, 4.69) is 0 Å². The third kappa shape index (κ3) is 3.22. The number of hydrogen-bond acceptors (Lipinski definition) is 5. The Bertz CT molecular complexity index is 687. The number of benzene rings is 1. The summed E-state index contributed by atoms with van der Waals surface area (Å²) < 4.78 is 18.8. The van der Waals surface area contributed by atoms with Crippen LogP contribution in [0.2, 0.25) is 0 Å². The molecule has 3 rings (SSSR count). The SMILES string of the molecule is O=C(OC1CCCC1)[C@@H]1CC(=O)N(c2ccc(F)c([N+](=O)[O-])c2)C1. The quantitative estimate of drug-likeness (QED) is 0.479. The van der Waals surface area contributed by atoms with Crippen molar-refractivity contribution in [2.75, 3.05) is 11.4 Å². The summed E-state index contributed by atoms with van der Waals surface area (Å²) in [6.07, 6.45) is 3.69. The van der Waals surface area contributed by atoms with Crippen LogP contribution in [0.15, 0.2) is 18.2 Å². The molecule has 0 radical (unpaired) electrons. The monoisotopic (exact) mass is 336 g/mol. The van der Waals surface area contributed by atoms with Crippen molar-refractivity contribution in [1.82, 2.24) is 0 Å². The molecule has 1 saturated heterocycles. The number of esters is 1. The van der Waals surface area contributed by atoms with Gasteiger partial charge in [-0.2, -0.15) is 4.39 Å². The molecule has 0 N–H and O–H groups in total. The van der Waals surface area contributed by atoms with Crippen LogP contribution >= 0.6 is 0 Å². The maximum absolute atomic E-state index is 13.4. The fourth-order valence-corrected chi connectivity index (χ4v) is 3.19. The second-order valence-electron chi connectivity index (χ2n) is 6.14. The van der Waals surface area contributed by atoms with Gasteiger partial charge in [-0.15, -0.1) is 0 Å². The number of hydrogen-bond donors (Lipinski definition) is 0. The Hall–Kier alpha value is -2.51. The predicted octanol–water partition coefficient (Wildman–Crippen LogP) is 2.57. The Kier molecular flexibility index (Phi) is 4.46. The molecule has 1 aromatic rings. The standard InChI is InChI=1S/C16H17FN2O5/c17-13-6-5-11(8-14(13)19(22)23)18-9-10(7-15(18)20)16(21)24-12-3-1-2-4-12/h5-6,8,10,12H,1-4,7,9H2/t10-/m1/s1. The first kappa shape index (κ1) is 16.4. The number of nitro benzene ring substituents is 1. The van der Waals surface area contributed by atoms with Gasteiger partial charge in [0.1, 0.15) is 6.10 Å². The van der Waals surface area contributed by atoms with Crippen molar-refractivity contribution < 1.29 is 23.6 Å². The van der Waals surface area contributed by atoms with Crippen molar-refractivity contribution in [2.45, 2.75) is 38.2 Å². The number of anilines is 1. The van der Waals surface area contributed by atoms with E-state index in [-0.39, 0.29) is 30.7 Å². The van der Waals surface area contributed by atoms with Crippen molar-refractivity contribution in [3.8, 4) is 0 Å². The molecular weight excluding hydrogens is 319 g/mol. The fourth-order valence-electron chi connectivity index (χ4n) is 3.19. The highest BCUT2D eigenvalue weighted by Crippen LogP contribution is 2.31. The minimum atomic E-state index is -0.965. The van der Waals surface area contributed by atoms with Gasteiger partial charge in [0, 0.05) is 19.0 Å². The summed E-state index contributed by atoms with van der Waals surface area (Å²) in [4.78, 5) is 35.6. The average molecular weight is 336 g/mol. The Balaban J connectivity index is 1.71. The van der Waals surface area contributed by atoms with Gasteiger partial charge >= 0.3 is 11.7 Å². The Labute approximate surface area is 137 Å². The summed E-state index contributed by atoms with van der Waals surface area (Å²) in [5, 5.41) is 10.8. The molecule has 1 amide bonds. The van der Waals surface area contributed by atoms with E-state index in [0.717, 1.165) is 37.8 Å². The first-order valence-corrected chi connectivity index (χ1v) is 7.90. The van der Waals surface area contributed by atoms with Crippen LogP contribution in [0.3, 0.4) is 0 Å². The second kappa shape index (κ2) is 6.54. The molecule has 1 aliphatic heterocycles. The van der Waals surface area contributed by atoms with Crippen molar-refractivity contribution in [3.05, 3.63) is 34.1 Å². The van der Waals surface area contributed by atoms with Gasteiger partial charge in [-0.25, -0.2) is 0 Å². The number of carbonyl (C=O) groups is 2. The summed E-state index contributed by atoms with van der Waals surface area (Å²) in [6.45, 7) is 0.0904. The second-order valence-corrected chi connectivity index (χ2v) is 6.14. The maximum atomic E-state index is 13.4. The van der Waals surface area contributed by atoms with E-state index >= 15 is 0 Å². The molecule has 7 nitrogen and oxygen atoms in total. The number of carbonyl (C=O) groups excluding carboxylic acids is 2. The molecule has 1 atom stereocenters. The largest absolute Gasteiger partial charge is 0.462 e. The Morgan fingerprint density at radius 3 is 2.71 bits per heavy atom. The summed E-state index contributed by atoms with van der Waals surface area (Å²) in [7, 11) is 0. The lowest BCUT2D eigenvalue weighted by molar-refractivity contribution is -0.387. The van der Waals surface area contributed by atoms with Gasteiger partial charge in [0.15, 0.2) is 0 Å². The Morgan fingerprint density at radius 2 is 2.04 bits per heavy atom. The lowest BCUT2D eigenvalue weighted by Crippen LogP contribution is -2.27. The van der Waals surface area contributed by atoms with Gasteiger partial charge < -0.3 is 9.64 Å². The minimum absolute atomic E-state index is 0.00325. The van der Waals surface area contributed by atoms with Crippen molar-refractivity contribution in [3.63, 3.8) is 0 Å². The molecular formula is C16H17FN2O5. The van der Waals surface area contributed by atoms with E-state index in [1.807, 2.05) is 0 Å². The number of nitro groups is 1. The van der Waals surface area contributed by atoms with Crippen LogP contribution < -0.4 is 4.90 Å². The highest BCUT2D eigenvalue weighted by molar-refractivity contribution is 5.99. The number of rotatable bonds is 4. The lowest BCUT2D eigenvalue weighted by Gasteiger charge is -2.17. The molecule has 128 valence electrons. The fraction of sp³-hybridized carbons (Fsp3) is 0.500. The third-order valence-corrected chi connectivity index (χ3v) is 4.48. The van der Waals surface area contributed by atoms with Crippen LogP contribution in [0.25, 0.3) is 0 Å². The number of ether oxygens (including phenoxy) is 1. The van der Waals surface area contributed by atoms with Gasteiger partial charge in [-0.1, -0.05) is 0 Å². The molecule has 1 aliphatic carbocycles. The number of amides is 1. The normalized spacial score (nSPS) is 21.3. The van der Waals surface area contributed by atoms with E-state index in [9.17, 15) is 24.1 Å². The molecule has 24 heavy (non-hydrogen) atoms. The average Bonchev–Trinajstić information content (AvgIpc) is 3.17. The zero-order valence-corrected chi connectivity index (χ0v) is 12.9. The van der Waals surface area contributed by atoms with Gasteiger partial charge in [-0.3, -0.25) is 19.7 Å². The van der Waals surface area contributed by atoms with Gasteiger partial charge in [-0.05, 0) is 37.8 Å². The summed E-state index contributed by atoms with van der Waals surface area (Å²) >= 11 is 0. The predicted molar refractivity (Wildman–Crippen MR) is 81.9 cm³/mol. The van der Waals surface area contributed by atoms with E-state index in [0.29, 0.717) is 0 Å². The van der Waals surface area contributed by atoms with E-state index in [4.69, 9.17) is 4.74 Å². The topological polar surface area (TPSA) is 89.8 Å². The van der Waals surface area contributed by atoms with Crippen molar-refractivity contribution in [2.24, 2.45) is 5.92 Å². The van der Waals surface area contributed by atoms with E-state index in [1.54, 1.807) is 0 Å². The molecule has 0 aromatic heterocycles. The number of nitrogens with zero attached hydrogens (tertiary/aromatic N) is 2. The van der Waals surface area contributed by atoms with Gasteiger partial charge in [0.2, 0.25) is 11.7 Å². The first-order chi connectivity index (χ1) is 11.5. The van der Waals surface area contributed by atoms with Crippen LogP contribution in [0.4, 0.5) is 15.8 Å². The van der Waals surface area contributed by atoms with Crippen LogP contribution in [-0.4, -0.2) is 29.4 Å². The molecule has 1 saturated carbocycles. The smallest absolute Gasteiger partial charge is 0.311 e. The first-order valence-electron chi connectivity index (χ1n) is 7.90. The molecule has 2 fully saturated rings.